The molecule has 0 spiro atoms. The molecule has 0 unspecified atom stereocenters. The van der Waals surface area contributed by atoms with E-state index in [4.69, 9.17) is 9.47 Å². The Morgan fingerprint density at radius 2 is 1.85 bits per heavy atom. The summed E-state index contributed by atoms with van der Waals surface area (Å²) in [5.74, 6) is 1.47. The number of nitrogens with zero attached hydrogens (tertiary/aromatic N) is 5. The largest absolute Gasteiger partial charge is 0.454 e. The van der Waals surface area contributed by atoms with E-state index in [0.29, 0.717) is 17.2 Å². The van der Waals surface area contributed by atoms with Crippen LogP contribution < -0.4 is 20.2 Å². The molecule has 2 aliphatic rings. The summed E-state index contributed by atoms with van der Waals surface area (Å²) >= 11 is 0. The highest BCUT2D eigenvalue weighted by molar-refractivity contribution is 5.74. The Hall–Kier alpha value is -3.18. The molecular formula is C16H19N7O4. The molecule has 27 heavy (non-hydrogen) atoms. The number of hydrogen-bond acceptors (Lipinski definition) is 10. The van der Waals surface area contributed by atoms with Gasteiger partial charge in [0, 0.05) is 37.9 Å². The minimum Gasteiger partial charge on any atom is -0.454 e. The molecule has 0 saturated carbocycles. The molecule has 0 atom stereocenters. The molecule has 11 heteroatoms. The van der Waals surface area contributed by atoms with Gasteiger partial charge in [-0.1, -0.05) is 0 Å². The van der Waals surface area contributed by atoms with Gasteiger partial charge in [0.1, 0.15) is 6.33 Å². The summed E-state index contributed by atoms with van der Waals surface area (Å²) in [5.41, 5.74) is 3.44. The zero-order chi connectivity index (χ0) is 18.8. The van der Waals surface area contributed by atoms with E-state index in [0.717, 1.165) is 26.2 Å². The second-order valence-corrected chi connectivity index (χ2v) is 6.27. The zero-order valence-corrected chi connectivity index (χ0v) is 14.7. The highest BCUT2D eigenvalue weighted by Gasteiger charge is 2.26. The van der Waals surface area contributed by atoms with Crippen molar-refractivity contribution < 1.29 is 14.4 Å². The molecule has 1 aromatic carbocycles. The Labute approximate surface area is 155 Å². The number of aromatic nitrogens is 2. The molecule has 2 aliphatic heterocycles. The highest BCUT2D eigenvalue weighted by Crippen LogP contribution is 2.37. The van der Waals surface area contributed by atoms with Crippen LogP contribution in [0.15, 0.2) is 24.5 Å². The molecule has 1 fully saturated rings. The molecule has 4 rings (SSSR count). The summed E-state index contributed by atoms with van der Waals surface area (Å²) in [6.07, 6.45) is 1.29. The first-order valence-corrected chi connectivity index (χ1v) is 8.46. The van der Waals surface area contributed by atoms with Gasteiger partial charge < -0.3 is 19.7 Å². The molecule has 11 nitrogen and oxygen atoms in total. The van der Waals surface area contributed by atoms with Gasteiger partial charge in [-0.15, -0.1) is 0 Å². The fourth-order valence-corrected chi connectivity index (χ4v) is 2.90. The number of rotatable bonds is 5. The molecule has 0 bridgehead atoms. The van der Waals surface area contributed by atoms with Crippen LogP contribution in [0, 0.1) is 10.1 Å². The van der Waals surface area contributed by atoms with Crippen molar-refractivity contribution in [3.63, 3.8) is 0 Å². The Kier molecular flexibility index (Phi) is 4.60. The second kappa shape index (κ2) is 7.21. The molecule has 1 saturated heterocycles. The van der Waals surface area contributed by atoms with Crippen LogP contribution in [0.1, 0.15) is 0 Å². The summed E-state index contributed by atoms with van der Waals surface area (Å²) in [6, 6.07) is 5.19. The third-order valence-corrected chi connectivity index (χ3v) is 4.41. The van der Waals surface area contributed by atoms with E-state index in [9.17, 15) is 10.1 Å². The van der Waals surface area contributed by atoms with Crippen molar-refractivity contribution in [2.45, 2.75) is 0 Å². The lowest BCUT2D eigenvalue weighted by atomic mass is 10.2. The van der Waals surface area contributed by atoms with Crippen LogP contribution >= 0.6 is 0 Å². The van der Waals surface area contributed by atoms with Crippen LogP contribution in [-0.2, 0) is 0 Å². The highest BCUT2D eigenvalue weighted by atomic mass is 16.7. The van der Waals surface area contributed by atoms with Gasteiger partial charge in [0.05, 0.1) is 4.92 Å². The molecule has 2 aromatic rings. The maximum atomic E-state index is 11.7. The van der Waals surface area contributed by atoms with E-state index >= 15 is 0 Å². The van der Waals surface area contributed by atoms with Crippen molar-refractivity contribution in [3.05, 3.63) is 34.6 Å². The van der Waals surface area contributed by atoms with Crippen LogP contribution in [0.2, 0.25) is 0 Å². The van der Waals surface area contributed by atoms with Crippen LogP contribution in [0.3, 0.4) is 0 Å². The maximum absolute atomic E-state index is 11.7. The van der Waals surface area contributed by atoms with Crippen LogP contribution in [0.5, 0.6) is 11.5 Å². The van der Waals surface area contributed by atoms with E-state index in [-0.39, 0.29) is 24.1 Å². The molecule has 0 aliphatic carbocycles. The summed E-state index contributed by atoms with van der Waals surface area (Å²) < 4.78 is 10.6. The normalized spacial score (nSPS) is 16.9. The van der Waals surface area contributed by atoms with Gasteiger partial charge in [-0.3, -0.25) is 15.5 Å². The standard InChI is InChI=1S/C16H19N7O4/c1-21-4-6-22(7-5-21)20-16-14(23(24)25)15(17-9-18-16)19-11-2-3-12-13(8-11)27-10-26-12/h2-3,8-9H,4-7,10H2,1H3,(H2,17,18,19,20). The van der Waals surface area contributed by atoms with Crippen molar-refractivity contribution in [2.24, 2.45) is 0 Å². The number of likely N-dealkylation sites (N-methyl/N-ethyl adjacent to an activating group) is 1. The predicted octanol–water partition coefficient (Wildman–Crippen LogP) is 1.43. The Balaban J connectivity index is 1.58. The van der Waals surface area contributed by atoms with Crippen molar-refractivity contribution in [3.8, 4) is 11.5 Å². The van der Waals surface area contributed by atoms with Crippen molar-refractivity contribution in [2.75, 3.05) is 50.8 Å². The molecule has 1 aromatic heterocycles. The van der Waals surface area contributed by atoms with Crippen LogP contribution in [0.25, 0.3) is 0 Å². The van der Waals surface area contributed by atoms with Crippen molar-refractivity contribution in [1.82, 2.24) is 19.9 Å². The average molecular weight is 373 g/mol. The SMILES string of the molecule is CN1CCN(Nc2ncnc(Nc3ccc4c(c3)OCO4)c2[N+](=O)[O-])CC1. The molecule has 3 heterocycles. The lowest BCUT2D eigenvalue weighted by Crippen LogP contribution is -2.47. The third kappa shape index (κ3) is 3.68. The number of fused-ring (bicyclic) bond motifs is 1. The van der Waals surface area contributed by atoms with Gasteiger partial charge in [-0.2, -0.15) is 0 Å². The molecule has 0 amide bonds. The number of benzene rings is 1. The predicted molar refractivity (Wildman–Crippen MR) is 97.2 cm³/mol. The zero-order valence-electron chi connectivity index (χ0n) is 14.7. The summed E-state index contributed by atoms with van der Waals surface area (Å²) in [6.45, 7) is 3.37. The minimum absolute atomic E-state index is 0.102. The summed E-state index contributed by atoms with van der Waals surface area (Å²) in [4.78, 5) is 21.5. The van der Waals surface area contributed by atoms with E-state index < -0.39 is 4.92 Å². The number of nitro groups is 1. The summed E-state index contributed by atoms with van der Waals surface area (Å²) in [5, 5.41) is 16.6. The van der Waals surface area contributed by atoms with Crippen molar-refractivity contribution >= 4 is 23.0 Å². The molecule has 0 radical (unpaired) electrons. The van der Waals surface area contributed by atoms with Crippen LogP contribution in [0.4, 0.5) is 23.0 Å². The molecule has 142 valence electrons. The lowest BCUT2D eigenvalue weighted by Gasteiger charge is -2.32. The second-order valence-electron chi connectivity index (χ2n) is 6.27. The number of nitrogens with one attached hydrogen (secondary N) is 2. The minimum atomic E-state index is -0.492. The smallest absolute Gasteiger partial charge is 0.354 e. The molecular weight excluding hydrogens is 354 g/mol. The van der Waals surface area contributed by atoms with Crippen molar-refractivity contribution in [1.29, 1.82) is 0 Å². The lowest BCUT2D eigenvalue weighted by molar-refractivity contribution is -0.383. The van der Waals surface area contributed by atoms with Gasteiger partial charge in [0.2, 0.25) is 18.4 Å². The fraction of sp³-hybridized carbons (Fsp3) is 0.375. The van der Waals surface area contributed by atoms with Gasteiger partial charge in [-0.25, -0.2) is 15.0 Å². The quantitative estimate of drug-likeness (QED) is 0.588. The van der Waals surface area contributed by atoms with Crippen LogP contribution in [-0.4, -0.2) is 64.8 Å². The Bertz CT molecular complexity index is 855. The number of hydrogen-bond donors (Lipinski definition) is 2. The van der Waals surface area contributed by atoms with E-state index in [1.54, 1.807) is 18.2 Å². The van der Waals surface area contributed by atoms with Gasteiger partial charge in [0.15, 0.2) is 11.5 Å². The maximum Gasteiger partial charge on any atom is 0.354 e. The number of hydrazine groups is 1. The Morgan fingerprint density at radius 3 is 2.63 bits per heavy atom. The first kappa shape index (κ1) is 17.2. The third-order valence-electron chi connectivity index (χ3n) is 4.41. The topological polar surface area (TPSA) is 118 Å². The van der Waals surface area contributed by atoms with E-state index in [2.05, 4.69) is 25.6 Å². The van der Waals surface area contributed by atoms with E-state index in [1.165, 1.54) is 6.33 Å². The van der Waals surface area contributed by atoms with Gasteiger partial charge >= 0.3 is 5.69 Å². The first-order valence-electron chi connectivity index (χ1n) is 8.46. The fourth-order valence-electron chi connectivity index (χ4n) is 2.90. The summed E-state index contributed by atoms with van der Waals surface area (Å²) in [7, 11) is 2.04. The average Bonchev–Trinajstić information content (AvgIpc) is 3.11. The molecule has 2 N–H and O–H groups in total. The number of anilines is 3. The number of piperazine rings is 1. The first-order chi connectivity index (χ1) is 13.1. The van der Waals surface area contributed by atoms with Gasteiger partial charge in [0.25, 0.3) is 0 Å². The number of ether oxygens (including phenoxy) is 2. The van der Waals surface area contributed by atoms with Gasteiger partial charge in [-0.05, 0) is 19.2 Å². The Morgan fingerprint density at radius 1 is 1.11 bits per heavy atom. The van der Waals surface area contributed by atoms with E-state index in [1.807, 2.05) is 12.1 Å². The monoisotopic (exact) mass is 373 g/mol.